The molecule has 0 spiro atoms. The van der Waals surface area contributed by atoms with Gasteiger partial charge in [0.2, 0.25) is 5.91 Å². The van der Waals surface area contributed by atoms with Crippen LogP contribution < -0.4 is 10.1 Å². The van der Waals surface area contributed by atoms with E-state index in [1.807, 2.05) is 12.1 Å². The van der Waals surface area contributed by atoms with Crippen molar-refractivity contribution in [2.24, 2.45) is 11.8 Å². The summed E-state index contributed by atoms with van der Waals surface area (Å²) in [6.45, 7) is 0. The van der Waals surface area contributed by atoms with E-state index in [1.165, 1.54) is 12.1 Å². The van der Waals surface area contributed by atoms with E-state index in [-0.39, 0.29) is 23.1 Å². The molecule has 0 radical (unpaired) electrons. The number of hydrogen-bond donors (Lipinski definition) is 2. The van der Waals surface area contributed by atoms with Crippen LogP contribution in [0.25, 0.3) is 0 Å². The van der Waals surface area contributed by atoms with Crippen molar-refractivity contribution >= 4 is 17.6 Å². The summed E-state index contributed by atoms with van der Waals surface area (Å²) in [6.07, 6.45) is 0. The molecule has 1 fully saturated rings. The zero-order valence-electron chi connectivity index (χ0n) is 13.5. The first-order valence-corrected chi connectivity index (χ1v) is 7.73. The van der Waals surface area contributed by atoms with E-state index in [0.717, 1.165) is 5.56 Å². The van der Waals surface area contributed by atoms with Crippen LogP contribution in [0, 0.1) is 23.2 Å². The molecule has 1 aliphatic carbocycles. The van der Waals surface area contributed by atoms with Gasteiger partial charge in [-0.15, -0.1) is 0 Å². The molecule has 0 saturated heterocycles. The molecule has 3 rings (SSSR count). The summed E-state index contributed by atoms with van der Waals surface area (Å²) < 4.78 is 5.11. The van der Waals surface area contributed by atoms with E-state index in [1.54, 1.807) is 31.4 Å². The minimum atomic E-state index is -1.12. The Labute approximate surface area is 144 Å². The zero-order chi connectivity index (χ0) is 18.0. The third-order valence-corrected chi connectivity index (χ3v) is 4.39. The second-order valence-electron chi connectivity index (χ2n) is 5.82. The number of carbonyl (C=O) groups is 2. The molecule has 3 atom stereocenters. The Morgan fingerprint density at radius 3 is 2.44 bits per heavy atom. The lowest BCUT2D eigenvalue weighted by atomic mass is 10.1. The minimum absolute atomic E-state index is 0.0194. The van der Waals surface area contributed by atoms with Gasteiger partial charge in [0.1, 0.15) is 5.75 Å². The van der Waals surface area contributed by atoms with Crippen molar-refractivity contribution in [1.29, 1.82) is 5.26 Å². The van der Waals surface area contributed by atoms with Crippen LogP contribution in [0.3, 0.4) is 0 Å². The lowest BCUT2D eigenvalue weighted by Gasteiger charge is -2.08. The number of carboxylic acid groups (broad SMARTS) is 1. The maximum atomic E-state index is 12.5. The molecular formula is C19H16N2O4. The molecule has 1 aliphatic rings. The van der Waals surface area contributed by atoms with E-state index in [0.29, 0.717) is 5.75 Å². The molecule has 0 heterocycles. The van der Waals surface area contributed by atoms with E-state index in [4.69, 9.17) is 4.74 Å². The van der Waals surface area contributed by atoms with E-state index in [9.17, 15) is 20.0 Å². The van der Waals surface area contributed by atoms with Crippen LogP contribution in [0.1, 0.15) is 21.8 Å². The van der Waals surface area contributed by atoms with Crippen LogP contribution >= 0.6 is 0 Å². The second kappa shape index (κ2) is 6.65. The van der Waals surface area contributed by atoms with Crippen molar-refractivity contribution in [2.75, 3.05) is 12.4 Å². The number of ether oxygens (including phenoxy) is 1. The average Bonchev–Trinajstić information content (AvgIpc) is 3.36. The van der Waals surface area contributed by atoms with Gasteiger partial charge in [-0.3, -0.25) is 4.79 Å². The number of hydrogen-bond acceptors (Lipinski definition) is 4. The fraction of sp³-hybridized carbons (Fsp3) is 0.211. The number of anilines is 1. The number of aromatic carboxylic acids is 1. The van der Waals surface area contributed by atoms with E-state index < -0.39 is 17.8 Å². The quantitative estimate of drug-likeness (QED) is 0.874. The predicted octanol–water partition coefficient (Wildman–Crippen LogP) is 2.89. The normalized spacial score (nSPS) is 21.0. The Kier molecular flexibility index (Phi) is 4.40. The first-order valence-electron chi connectivity index (χ1n) is 7.73. The average molecular weight is 336 g/mol. The molecule has 2 aromatic carbocycles. The maximum Gasteiger partial charge on any atom is 0.337 e. The lowest BCUT2D eigenvalue weighted by molar-refractivity contribution is -0.117. The van der Waals surface area contributed by atoms with Gasteiger partial charge in [0.25, 0.3) is 0 Å². The van der Waals surface area contributed by atoms with Gasteiger partial charge in [-0.05, 0) is 29.8 Å². The first kappa shape index (κ1) is 16.5. The number of carbonyl (C=O) groups excluding carboxylic acids is 1. The largest absolute Gasteiger partial charge is 0.497 e. The predicted molar refractivity (Wildman–Crippen MR) is 90.4 cm³/mol. The summed E-state index contributed by atoms with van der Waals surface area (Å²) in [5, 5.41) is 21.2. The molecule has 1 amide bonds. The summed E-state index contributed by atoms with van der Waals surface area (Å²) in [5.41, 5.74) is 1.14. The van der Waals surface area contributed by atoms with E-state index >= 15 is 0 Å². The Morgan fingerprint density at radius 2 is 1.84 bits per heavy atom. The SMILES string of the molecule is COc1ccc(C2C(C#N)C2C(=O)Nc2ccccc2C(=O)O)cc1. The van der Waals surface area contributed by atoms with Crippen molar-refractivity contribution < 1.29 is 19.4 Å². The molecule has 2 aromatic rings. The van der Waals surface area contributed by atoms with Crippen molar-refractivity contribution in [3.63, 3.8) is 0 Å². The smallest absolute Gasteiger partial charge is 0.337 e. The number of rotatable bonds is 5. The minimum Gasteiger partial charge on any atom is -0.497 e. The molecule has 25 heavy (non-hydrogen) atoms. The molecule has 6 nitrogen and oxygen atoms in total. The van der Waals surface area contributed by atoms with Gasteiger partial charge in [0.05, 0.1) is 36.3 Å². The fourth-order valence-corrected chi connectivity index (χ4v) is 3.03. The Bertz CT molecular complexity index is 854. The molecular weight excluding hydrogens is 320 g/mol. The van der Waals surface area contributed by atoms with Gasteiger partial charge in [-0.25, -0.2) is 4.79 Å². The molecule has 6 heteroatoms. The van der Waals surface area contributed by atoms with E-state index in [2.05, 4.69) is 11.4 Å². The molecule has 1 saturated carbocycles. The monoisotopic (exact) mass is 336 g/mol. The molecule has 126 valence electrons. The van der Waals surface area contributed by atoms with Crippen LogP contribution in [0.4, 0.5) is 5.69 Å². The van der Waals surface area contributed by atoms with Crippen LogP contribution in [-0.2, 0) is 4.79 Å². The Hall–Kier alpha value is -3.33. The lowest BCUT2D eigenvalue weighted by Crippen LogP contribution is -2.17. The van der Waals surface area contributed by atoms with Gasteiger partial charge in [-0.1, -0.05) is 24.3 Å². The number of carboxylic acids is 1. The number of benzene rings is 2. The van der Waals surface area contributed by atoms with Crippen LogP contribution in [0.2, 0.25) is 0 Å². The second-order valence-corrected chi connectivity index (χ2v) is 5.82. The Balaban J connectivity index is 1.78. The highest BCUT2D eigenvalue weighted by atomic mass is 16.5. The topological polar surface area (TPSA) is 99.4 Å². The van der Waals surface area contributed by atoms with Gasteiger partial charge in [-0.2, -0.15) is 5.26 Å². The molecule has 0 bridgehead atoms. The molecule has 3 unspecified atom stereocenters. The van der Waals surface area contributed by atoms with Crippen LogP contribution in [-0.4, -0.2) is 24.1 Å². The Morgan fingerprint density at radius 1 is 1.16 bits per heavy atom. The fourth-order valence-electron chi connectivity index (χ4n) is 3.03. The third-order valence-electron chi connectivity index (χ3n) is 4.39. The molecule has 0 aliphatic heterocycles. The third kappa shape index (κ3) is 3.17. The van der Waals surface area contributed by atoms with Gasteiger partial charge in [0.15, 0.2) is 0 Å². The number of nitrogens with one attached hydrogen (secondary N) is 1. The van der Waals surface area contributed by atoms with Crippen molar-refractivity contribution in [2.45, 2.75) is 5.92 Å². The summed E-state index contributed by atoms with van der Waals surface area (Å²) >= 11 is 0. The number of nitrogens with zero attached hydrogens (tertiary/aromatic N) is 1. The van der Waals surface area contributed by atoms with Crippen LogP contribution in [0.15, 0.2) is 48.5 Å². The van der Waals surface area contributed by atoms with Crippen molar-refractivity contribution in [3.05, 3.63) is 59.7 Å². The van der Waals surface area contributed by atoms with Gasteiger partial charge in [0, 0.05) is 5.92 Å². The van der Waals surface area contributed by atoms with Crippen LogP contribution in [0.5, 0.6) is 5.75 Å². The van der Waals surface area contributed by atoms with Gasteiger partial charge >= 0.3 is 5.97 Å². The highest BCUT2D eigenvalue weighted by molar-refractivity contribution is 6.02. The van der Waals surface area contributed by atoms with Gasteiger partial charge < -0.3 is 15.2 Å². The number of nitriles is 1. The molecule has 0 aromatic heterocycles. The summed E-state index contributed by atoms with van der Waals surface area (Å²) in [4.78, 5) is 23.8. The highest BCUT2D eigenvalue weighted by Gasteiger charge is 2.56. The maximum absolute atomic E-state index is 12.5. The molecule has 2 N–H and O–H groups in total. The number of amides is 1. The highest BCUT2D eigenvalue weighted by Crippen LogP contribution is 2.54. The summed E-state index contributed by atoms with van der Waals surface area (Å²) in [7, 11) is 1.57. The van der Waals surface area contributed by atoms with Crippen molar-refractivity contribution in [3.8, 4) is 11.8 Å². The standard InChI is InChI=1S/C19H16N2O4/c1-25-12-8-6-11(7-9-12)16-14(10-20)17(16)18(22)21-15-5-3-2-4-13(15)19(23)24/h2-9,14,16-17H,1H3,(H,21,22)(H,23,24). The zero-order valence-corrected chi connectivity index (χ0v) is 13.5. The summed E-state index contributed by atoms with van der Waals surface area (Å²) in [5.74, 6) is -1.89. The van der Waals surface area contributed by atoms with Crippen molar-refractivity contribution in [1.82, 2.24) is 0 Å². The number of para-hydroxylation sites is 1. The number of methoxy groups -OCH3 is 1. The first-order chi connectivity index (χ1) is 12.1. The summed E-state index contributed by atoms with van der Waals surface area (Å²) in [6, 6.07) is 15.6.